The molecule has 0 spiro atoms. The van der Waals surface area contributed by atoms with Gasteiger partial charge in [-0.25, -0.2) is 0 Å². The van der Waals surface area contributed by atoms with Crippen molar-refractivity contribution in [3.8, 4) is 0 Å². The van der Waals surface area contributed by atoms with Crippen molar-refractivity contribution in [1.29, 1.82) is 0 Å². The van der Waals surface area contributed by atoms with Crippen LogP contribution in [0.25, 0.3) is 0 Å². The molecular weight excluding hydrogens is 149 g/mol. The second-order valence-electron chi connectivity index (χ2n) is 3.13. The fourth-order valence-corrected chi connectivity index (χ4v) is 1.43. The van der Waals surface area contributed by atoms with Crippen molar-refractivity contribution >= 4 is 12.6 Å². The first-order valence-electron chi connectivity index (χ1n) is 3.93. The van der Waals surface area contributed by atoms with Gasteiger partial charge in [-0.3, -0.25) is 0 Å². The molecule has 11 heavy (non-hydrogen) atoms. The Morgan fingerprint density at radius 1 is 1.09 bits per heavy atom. The van der Waals surface area contributed by atoms with E-state index in [0.717, 1.165) is 12.3 Å². The molecule has 1 nitrogen and oxygen atoms in total. The van der Waals surface area contributed by atoms with Crippen LogP contribution in [0.4, 0.5) is 0 Å². The molecule has 0 aromatic carbocycles. The van der Waals surface area contributed by atoms with E-state index in [0.29, 0.717) is 12.1 Å². The van der Waals surface area contributed by atoms with Crippen LogP contribution in [0.5, 0.6) is 0 Å². The van der Waals surface area contributed by atoms with E-state index in [4.69, 9.17) is 12.6 Å². The molecule has 0 aromatic rings. The molecule has 62 valence electrons. The minimum Gasteiger partial charge on any atom is -0.791 e. The maximum Gasteiger partial charge on any atom is 1.00 e. The largest absolute Gasteiger partial charge is 1.00 e. The van der Waals surface area contributed by atoms with Crippen LogP contribution in [0.3, 0.4) is 0 Å². The van der Waals surface area contributed by atoms with Gasteiger partial charge in [-0.1, -0.05) is 0 Å². The van der Waals surface area contributed by atoms with Crippen LogP contribution >= 0.6 is 0 Å². The molecule has 0 radical (unpaired) electrons. The Morgan fingerprint density at radius 2 is 1.45 bits per heavy atom. The van der Waals surface area contributed by atoms with E-state index in [1.54, 1.807) is 0 Å². The molecule has 0 amide bonds. The third-order valence-corrected chi connectivity index (χ3v) is 1.86. The minimum atomic E-state index is 0. The van der Waals surface area contributed by atoms with Crippen LogP contribution in [0.2, 0.25) is 0 Å². The van der Waals surface area contributed by atoms with Crippen molar-refractivity contribution in [3.63, 3.8) is 0 Å². The van der Waals surface area contributed by atoms with Crippen molar-refractivity contribution in [2.45, 2.75) is 39.8 Å². The molecule has 0 saturated heterocycles. The summed E-state index contributed by atoms with van der Waals surface area (Å²) in [6.07, 6.45) is 0. The quantitative estimate of drug-likeness (QED) is 0.376. The van der Waals surface area contributed by atoms with E-state index >= 15 is 0 Å². The van der Waals surface area contributed by atoms with Gasteiger partial charge in [0, 0.05) is 12.1 Å². The summed E-state index contributed by atoms with van der Waals surface area (Å²) in [5.41, 5.74) is 0. The molecule has 0 atom stereocenters. The maximum absolute atomic E-state index is 4.93. The molecule has 0 aliphatic heterocycles. The SMILES string of the molecule is CC(C)N(CC[S-])C(C)C.[Li+]. The van der Waals surface area contributed by atoms with Crippen LogP contribution in [0.15, 0.2) is 0 Å². The average Bonchev–Trinajstić information content (AvgIpc) is 1.81. The van der Waals surface area contributed by atoms with Crippen molar-refractivity contribution in [3.05, 3.63) is 0 Å². The second-order valence-corrected chi connectivity index (χ2v) is 3.54. The third-order valence-electron chi connectivity index (χ3n) is 1.68. The third kappa shape index (κ3) is 6.10. The fourth-order valence-electron chi connectivity index (χ4n) is 1.22. The molecule has 0 rings (SSSR count). The predicted molar refractivity (Wildman–Crippen MR) is 49.2 cm³/mol. The molecule has 0 N–H and O–H groups in total. The standard InChI is InChI=1S/C8H19NS.Li/c1-7(2)9(5-6-10)8(3)4;/h7-8,10H,5-6H2,1-4H3;/q;+1/p-1. The molecule has 0 saturated carbocycles. The van der Waals surface area contributed by atoms with Gasteiger partial charge in [-0.05, 0) is 34.2 Å². The van der Waals surface area contributed by atoms with Gasteiger partial charge >= 0.3 is 18.9 Å². The Labute approximate surface area is 88.5 Å². The summed E-state index contributed by atoms with van der Waals surface area (Å²) in [5, 5.41) is 0. The predicted octanol–water partition coefficient (Wildman–Crippen LogP) is -1.34. The monoisotopic (exact) mass is 167 g/mol. The van der Waals surface area contributed by atoms with E-state index < -0.39 is 0 Å². The first-order chi connectivity index (χ1) is 4.59. The van der Waals surface area contributed by atoms with Gasteiger partial charge in [0.25, 0.3) is 0 Å². The van der Waals surface area contributed by atoms with Gasteiger partial charge in [-0.15, -0.1) is 0 Å². The maximum atomic E-state index is 4.93. The van der Waals surface area contributed by atoms with Gasteiger partial charge < -0.3 is 17.5 Å². The van der Waals surface area contributed by atoms with Gasteiger partial charge in [-0.2, -0.15) is 5.75 Å². The van der Waals surface area contributed by atoms with Crippen LogP contribution in [0, 0.1) is 0 Å². The molecule has 0 bridgehead atoms. The molecule has 0 fully saturated rings. The summed E-state index contributed by atoms with van der Waals surface area (Å²) >= 11 is 4.93. The summed E-state index contributed by atoms with van der Waals surface area (Å²) in [7, 11) is 0. The van der Waals surface area contributed by atoms with Crippen LogP contribution in [0.1, 0.15) is 27.7 Å². The normalized spacial score (nSPS) is 10.9. The number of nitrogens with zero attached hydrogens (tertiary/aromatic N) is 1. The molecule has 0 aromatic heterocycles. The zero-order chi connectivity index (χ0) is 8.15. The molecule has 0 heterocycles. The summed E-state index contributed by atoms with van der Waals surface area (Å²) in [5.74, 6) is 0.844. The topological polar surface area (TPSA) is 3.24 Å². The summed E-state index contributed by atoms with van der Waals surface area (Å²) < 4.78 is 0. The Kier molecular flexibility index (Phi) is 9.91. The van der Waals surface area contributed by atoms with Crippen LogP contribution < -0.4 is 18.9 Å². The average molecular weight is 167 g/mol. The van der Waals surface area contributed by atoms with E-state index in [2.05, 4.69) is 32.6 Å². The molecule has 0 aliphatic carbocycles. The summed E-state index contributed by atoms with van der Waals surface area (Å²) in [4.78, 5) is 2.41. The first kappa shape index (κ1) is 14.4. The molecule has 0 aliphatic rings. The van der Waals surface area contributed by atoms with Gasteiger partial charge in [0.05, 0.1) is 0 Å². The number of hydrogen-bond acceptors (Lipinski definition) is 2. The Bertz CT molecular complexity index is 78.2. The van der Waals surface area contributed by atoms with E-state index in [1.165, 1.54) is 0 Å². The molecular formula is C8H18LiNS. The van der Waals surface area contributed by atoms with Gasteiger partial charge in [0.2, 0.25) is 0 Å². The Morgan fingerprint density at radius 3 is 1.55 bits per heavy atom. The van der Waals surface area contributed by atoms with Crippen molar-refractivity contribution in [2.24, 2.45) is 0 Å². The van der Waals surface area contributed by atoms with E-state index in [9.17, 15) is 0 Å². The molecule has 3 heteroatoms. The van der Waals surface area contributed by atoms with Crippen molar-refractivity contribution in [1.82, 2.24) is 4.90 Å². The molecule has 0 unspecified atom stereocenters. The summed E-state index contributed by atoms with van der Waals surface area (Å²) in [6.45, 7) is 9.90. The smallest absolute Gasteiger partial charge is 0.791 e. The van der Waals surface area contributed by atoms with Crippen LogP contribution in [-0.4, -0.2) is 29.3 Å². The second kappa shape index (κ2) is 7.55. The van der Waals surface area contributed by atoms with Gasteiger partial charge in [0.15, 0.2) is 0 Å². The Balaban J connectivity index is 0. The number of hydrogen-bond donors (Lipinski definition) is 0. The first-order valence-corrected chi connectivity index (χ1v) is 4.51. The van der Waals surface area contributed by atoms with E-state index in [-0.39, 0.29) is 18.9 Å². The van der Waals surface area contributed by atoms with Crippen molar-refractivity contribution in [2.75, 3.05) is 12.3 Å². The Hall–Kier alpha value is 0.907. The van der Waals surface area contributed by atoms with Crippen molar-refractivity contribution < 1.29 is 18.9 Å². The number of rotatable bonds is 4. The van der Waals surface area contributed by atoms with E-state index in [1.807, 2.05) is 0 Å². The van der Waals surface area contributed by atoms with Crippen LogP contribution in [-0.2, 0) is 12.6 Å². The fraction of sp³-hybridized carbons (Fsp3) is 1.00. The summed E-state index contributed by atoms with van der Waals surface area (Å²) in [6, 6.07) is 1.26. The minimum absolute atomic E-state index is 0. The van der Waals surface area contributed by atoms with Gasteiger partial charge in [0.1, 0.15) is 0 Å². The zero-order valence-corrected chi connectivity index (χ0v) is 9.24. The zero-order valence-electron chi connectivity index (χ0n) is 8.42.